The second-order valence-corrected chi connectivity index (χ2v) is 13.6. The number of hydrogen-bond acceptors (Lipinski definition) is 10. The molecule has 15 heteroatoms. The van der Waals surface area contributed by atoms with Gasteiger partial charge in [0.25, 0.3) is 5.91 Å². The number of amides is 1. The van der Waals surface area contributed by atoms with Gasteiger partial charge in [-0.25, -0.2) is 13.4 Å². The summed E-state index contributed by atoms with van der Waals surface area (Å²) in [5.41, 5.74) is 1.33. The molecule has 3 aromatic rings. The maximum Gasteiger partial charge on any atom is 0.421 e. The highest BCUT2D eigenvalue weighted by molar-refractivity contribution is 7.90. The van der Waals surface area contributed by atoms with Crippen LogP contribution in [0.5, 0.6) is 5.75 Å². The molecule has 0 radical (unpaired) electrons. The van der Waals surface area contributed by atoms with E-state index in [0.717, 1.165) is 43.3 Å². The lowest BCUT2D eigenvalue weighted by molar-refractivity contribution is -0.137. The second-order valence-electron chi connectivity index (χ2n) is 11.5. The van der Waals surface area contributed by atoms with Crippen molar-refractivity contribution in [2.24, 2.45) is 0 Å². The van der Waals surface area contributed by atoms with Crippen molar-refractivity contribution in [3.05, 3.63) is 70.9 Å². The zero-order valence-corrected chi connectivity index (χ0v) is 25.9. The molecule has 1 aromatic heterocycles. The number of aromatic nitrogens is 2. The minimum atomic E-state index is -4.76. The Balaban J connectivity index is 1.37. The molecule has 11 nitrogen and oxygen atoms in total. The fourth-order valence-electron chi connectivity index (χ4n) is 5.64. The first-order valence-corrected chi connectivity index (χ1v) is 16.5. The Morgan fingerprint density at radius 2 is 1.87 bits per heavy atom. The van der Waals surface area contributed by atoms with E-state index < -0.39 is 39.5 Å². The number of methoxy groups -OCH3 is 1. The monoisotopic (exact) mass is 647 g/mol. The quantitative estimate of drug-likeness (QED) is 0.258. The van der Waals surface area contributed by atoms with Crippen molar-refractivity contribution in [1.29, 1.82) is 0 Å². The van der Waals surface area contributed by atoms with E-state index in [9.17, 15) is 26.4 Å². The molecule has 1 amide bonds. The van der Waals surface area contributed by atoms with Crippen molar-refractivity contribution >= 4 is 33.2 Å². The van der Waals surface area contributed by atoms with Gasteiger partial charge in [0.15, 0.2) is 9.84 Å². The molecule has 45 heavy (non-hydrogen) atoms. The fraction of sp³-hybridized carbons (Fsp3) is 0.433. The van der Waals surface area contributed by atoms with Crippen LogP contribution < -0.4 is 26.0 Å². The molecule has 1 saturated heterocycles. The van der Waals surface area contributed by atoms with Gasteiger partial charge in [-0.15, -0.1) is 0 Å². The van der Waals surface area contributed by atoms with E-state index in [2.05, 4.69) is 36.1 Å². The summed E-state index contributed by atoms with van der Waals surface area (Å²) < 4.78 is 71.5. The summed E-state index contributed by atoms with van der Waals surface area (Å²) in [6.07, 6.45) is -0.950. The van der Waals surface area contributed by atoms with Crippen molar-refractivity contribution in [2.45, 2.75) is 43.6 Å². The number of alkyl halides is 3. The highest BCUT2D eigenvalue weighted by Crippen LogP contribution is 2.38. The maximum atomic E-state index is 14.1. The summed E-state index contributed by atoms with van der Waals surface area (Å²) in [6.45, 7) is 1.79. The van der Waals surface area contributed by atoms with Crippen molar-refractivity contribution in [2.75, 3.05) is 50.0 Å². The standard InChI is InChI=1S/C30H36F3N7O4S/c1-40-12-10-20(11-13-40)36-28(41)19-8-9-23(25(15-19)44-2)38-29-34-16-22(30(31,32)33)27(39-29)37-24-14-18-6-4-5-7-21(18)26(24)35-17-45(3,42)43/h4-9,15-16,20,24,26,35H,10-14,17H2,1-3H3,(H,36,41)(H2,34,37,38,39)/t24-,26-/m1/s1. The number of anilines is 3. The number of ether oxygens (including phenoxy) is 1. The van der Waals surface area contributed by atoms with E-state index in [1.54, 1.807) is 24.3 Å². The van der Waals surface area contributed by atoms with Gasteiger partial charge in [-0.05, 0) is 68.7 Å². The molecule has 242 valence electrons. The summed E-state index contributed by atoms with van der Waals surface area (Å²) in [6, 6.07) is 10.8. The lowest BCUT2D eigenvalue weighted by Gasteiger charge is -2.29. The second kappa shape index (κ2) is 13.2. The van der Waals surface area contributed by atoms with Gasteiger partial charge < -0.3 is 25.6 Å². The maximum absolute atomic E-state index is 14.1. The molecular weight excluding hydrogens is 611 g/mol. The van der Waals surface area contributed by atoms with E-state index in [1.165, 1.54) is 7.11 Å². The Morgan fingerprint density at radius 1 is 1.13 bits per heavy atom. The number of carbonyl (C=O) groups excluding carboxylic acids is 1. The minimum absolute atomic E-state index is 0.0674. The Bertz CT molecular complexity index is 1650. The molecule has 2 aromatic carbocycles. The summed E-state index contributed by atoms with van der Waals surface area (Å²) in [5.74, 6) is -0.914. The molecule has 2 atom stereocenters. The third-order valence-electron chi connectivity index (χ3n) is 7.98. The van der Waals surface area contributed by atoms with Crippen molar-refractivity contribution in [3.8, 4) is 5.75 Å². The lowest BCUT2D eigenvalue weighted by atomic mass is 10.0. The van der Waals surface area contributed by atoms with Crippen LogP contribution in [0.4, 0.5) is 30.6 Å². The van der Waals surface area contributed by atoms with Gasteiger partial charge in [0.05, 0.1) is 30.8 Å². The van der Waals surface area contributed by atoms with Gasteiger partial charge in [0, 0.05) is 24.1 Å². The van der Waals surface area contributed by atoms with E-state index in [1.807, 2.05) is 25.2 Å². The summed E-state index contributed by atoms with van der Waals surface area (Å²) >= 11 is 0. The van der Waals surface area contributed by atoms with Crippen molar-refractivity contribution < 1.29 is 31.1 Å². The van der Waals surface area contributed by atoms with Gasteiger partial charge in [0.1, 0.15) is 17.1 Å². The topological polar surface area (TPSA) is 138 Å². The molecule has 0 unspecified atom stereocenters. The van der Waals surface area contributed by atoms with Crippen molar-refractivity contribution in [1.82, 2.24) is 25.5 Å². The average molecular weight is 648 g/mol. The largest absolute Gasteiger partial charge is 0.495 e. The molecule has 0 spiro atoms. The summed E-state index contributed by atoms with van der Waals surface area (Å²) in [5, 5.41) is 11.8. The first kappa shape index (κ1) is 32.4. The molecular formula is C30H36F3N7O4S. The van der Waals surface area contributed by atoms with E-state index >= 15 is 0 Å². The number of halogens is 3. The number of benzene rings is 2. The third-order valence-corrected chi connectivity index (χ3v) is 8.67. The number of hydrogen-bond donors (Lipinski definition) is 4. The van der Waals surface area contributed by atoms with E-state index in [-0.39, 0.29) is 29.5 Å². The molecule has 1 aliphatic heterocycles. The fourth-order valence-corrected chi connectivity index (χ4v) is 6.12. The molecule has 0 bridgehead atoms. The van der Waals surface area contributed by atoms with Crippen LogP contribution in [0.3, 0.4) is 0 Å². The first-order chi connectivity index (χ1) is 21.3. The van der Waals surface area contributed by atoms with Crippen LogP contribution in [0.25, 0.3) is 0 Å². The number of sulfone groups is 1. The third kappa shape index (κ3) is 8.02. The van der Waals surface area contributed by atoms with Gasteiger partial charge in [-0.3, -0.25) is 10.1 Å². The summed E-state index contributed by atoms with van der Waals surface area (Å²) in [7, 11) is 0.0562. The number of fused-ring (bicyclic) bond motifs is 1. The van der Waals surface area contributed by atoms with Gasteiger partial charge in [0.2, 0.25) is 5.95 Å². The Kier molecular flexibility index (Phi) is 9.51. The molecule has 1 aliphatic carbocycles. The SMILES string of the molecule is COc1cc(C(=O)NC2CCN(C)CC2)ccc1Nc1ncc(C(F)(F)F)c(N[C@@H]2Cc3ccccc3[C@H]2NCS(C)(=O)=O)n1. The predicted molar refractivity (Wildman–Crippen MR) is 164 cm³/mol. The Hall–Kier alpha value is -3.95. The molecule has 2 aliphatic rings. The molecule has 5 rings (SSSR count). The van der Waals surface area contributed by atoms with Crippen LogP contribution in [-0.4, -0.2) is 80.7 Å². The van der Waals surface area contributed by atoms with Crippen LogP contribution in [0.15, 0.2) is 48.7 Å². The normalized spacial score (nSPS) is 19.2. The van der Waals surface area contributed by atoms with E-state index in [4.69, 9.17) is 4.74 Å². The van der Waals surface area contributed by atoms with Crippen LogP contribution in [0.1, 0.15) is 45.9 Å². The van der Waals surface area contributed by atoms with Gasteiger partial charge in [-0.1, -0.05) is 24.3 Å². The minimum Gasteiger partial charge on any atom is -0.495 e. The zero-order valence-electron chi connectivity index (χ0n) is 25.1. The smallest absolute Gasteiger partial charge is 0.421 e. The number of rotatable bonds is 10. The van der Waals surface area contributed by atoms with Gasteiger partial charge >= 0.3 is 6.18 Å². The van der Waals surface area contributed by atoms with Crippen LogP contribution in [-0.2, 0) is 22.4 Å². The molecule has 2 heterocycles. The van der Waals surface area contributed by atoms with Crippen LogP contribution in [0, 0.1) is 0 Å². The van der Waals surface area contributed by atoms with Crippen LogP contribution in [0.2, 0.25) is 0 Å². The first-order valence-electron chi connectivity index (χ1n) is 14.4. The number of carbonyl (C=O) groups is 1. The Morgan fingerprint density at radius 3 is 2.56 bits per heavy atom. The lowest BCUT2D eigenvalue weighted by Crippen LogP contribution is -2.43. The summed E-state index contributed by atoms with van der Waals surface area (Å²) in [4.78, 5) is 23.2. The average Bonchev–Trinajstić information content (AvgIpc) is 3.33. The Labute approximate surface area is 259 Å². The van der Waals surface area contributed by atoms with E-state index in [0.29, 0.717) is 23.9 Å². The highest BCUT2D eigenvalue weighted by atomic mass is 32.2. The molecule has 1 fully saturated rings. The predicted octanol–water partition coefficient (Wildman–Crippen LogP) is 3.74. The van der Waals surface area contributed by atoms with Crippen molar-refractivity contribution in [3.63, 3.8) is 0 Å². The highest BCUT2D eigenvalue weighted by Gasteiger charge is 2.38. The molecule has 4 N–H and O–H groups in total. The number of nitrogens with zero attached hydrogens (tertiary/aromatic N) is 3. The number of nitrogens with one attached hydrogen (secondary N) is 4. The number of likely N-dealkylation sites (tertiary alicyclic amines) is 1. The zero-order chi connectivity index (χ0) is 32.4. The van der Waals surface area contributed by atoms with Crippen LogP contribution >= 0.6 is 0 Å². The number of piperidine rings is 1. The van der Waals surface area contributed by atoms with Gasteiger partial charge in [-0.2, -0.15) is 18.2 Å². The molecule has 0 saturated carbocycles.